The quantitative estimate of drug-likeness (QED) is 0.463. The summed E-state index contributed by atoms with van der Waals surface area (Å²) in [6.07, 6.45) is 1.97. The molecule has 2 aromatic carbocycles. The van der Waals surface area contributed by atoms with Crippen molar-refractivity contribution in [3.05, 3.63) is 64.0 Å². The molecule has 7 nitrogen and oxygen atoms in total. The Kier molecular flexibility index (Phi) is 7.22. The summed E-state index contributed by atoms with van der Waals surface area (Å²) in [5.41, 5.74) is 1.37. The van der Waals surface area contributed by atoms with Crippen LogP contribution >= 0.6 is 11.6 Å². The second kappa shape index (κ2) is 10.3. The minimum atomic E-state index is -0.825. The molecule has 0 unspecified atom stereocenters. The maximum Gasteiger partial charge on any atom is 0.336 e. The summed E-state index contributed by atoms with van der Waals surface area (Å²) in [6.45, 7) is 2.09. The van der Waals surface area contributed by atoms with Gasteiger partial charge < -0.3 is 19.6 Å². The highest BCUT2D eigenvalue weighted by Gasteiger charge is 2.27. The van der Waals surface area contributed by atoms with Crippen LogP contribution in [0, 0.1) is 11.8 Å². The van der Waals surface area contributed by atoms with Gasteiger partial charge in [-0.25, -0.2) is 4.79 Å². The first-order valence-electron chi connectivity index (χ1n) is 11.3. The number of amides is 1. The molecule has 0 radical (unpaired) electrons. The second-order valence-corrected chi connectivity index (χ2v) is 9.09. The van der Waals surface area contributed by atoms with Crippen LogP contribution in [-0.4, -0.2) is 29.6 Å². The van der Waals surface area contributed by atoms with Crippen LogP contribution in [0.15, 0.2) is 57.7 Å². The summed E-state index contributed by atoms with van der Waals surface area (Å²) in [5, 5.41) is 13.0. The number of halogens is 1. The van der Waals surface area contributed by atoms with Gasteiger partial charge in [0.2, 0.25) is 0 Å². The molecule has 0 spiro atoms. The molecule has 0 bridgehead atoms. The lowest BCUT2D eigenvalue weighted by Crippen LogP contribution is -2.39. The third kappa shape index (κ3) is 5.42. The van der Waals surface area contributed by atoms with Crippen LogP contribution in [0.2, 0.25) is 5.02 Å². The average Bonchev–Trinajstić information content (AvgIpc) is 2.83. The number of carbonyl (C=O) groups excluding carboxylic acids is 1. The molecule has 1 atom stereocenters. The van der Waals surface area contributed by atoms with Crippen molar-refractivity contribution in [1.29, 1.82) is 0 Å². The van der Waals surface area contributed by atoms with Crippen molar-refractivity contribution in [2.24, 2.45) is 11.8 Å². The van der Waals surface area contributed by atoms with Gasteiger partial charge in [0.1, 0.15) is 11.3 Å². The fraction of sp³-hybridized carbons (Fsp3) is 0.346. The van der Waals surface area contributed by atoms with Crippen molar-refractivity contribution in [3.63, 3.8) is 0 Å². The first-order chi connectivity index (χ1) is 16.3. The molecule has 1 aromatic heterocycles. The normalized spacial score (nSPS) is 18.9. The largest absolute Gasteiger partial charge is 0.481 e. The molecule has 3 aromatic rings. The van der Waals surface area contributed by atoms with E-state index in [0.717, 1.165) is 18.4 Å². The van der Waals surface area contributed by atoms with Gasteiger partial charge >= 0.3 is 11.6 Å². The Morgan fingerprint density at radius 1 is 1.15 bits per heavy atom. The zero-order valence-electron chi connectivity index (χ0n) is 18.8. The number of hydrogen-bond acceptors (Lipinski definition) is 5. The van der Waals surface area contributed by atoms with Gasteiger partial charge in [0, 0.05) is 24.1 Å². The van der Waals surface area contributed by atoms with Gasteiger partial charge in [0.05, 0.1) is 10.9 Å². The van der Waals surface area contributed by atoms with Gasteiger partial charge in [0.15, 0.2) is 6.10 Å². The maximum absolute atomic E-state index is 12.6. The molecule has 0 aliphatic heterocycles. The SMILES string of the molecule is C[C@H](Oc1cc2oc(=O)cc(-c3ccccc3)c2cc1Cl)C(=O)NCC1CCC(C(=O)O)CC1. The molecule has 178 valence electrons. The van der Waals surface area contributed by atoms with Gasteiger partial charge in [0.25, 0.3) is 5.91 Å². The van der Waals surface area contributed by atoms with E-state index in [4.69, 9.17) is 25.9 Å². The van der Waals surface area contributed by atoms with E-state index < -0.39 is 17.7 Å². The predicted octanol–water partition coefficient (Wildman–Crippen LogP) is 4.89. The molecule has 8 heteroatoms. The van der Waals surface area contributed by atoms with E-state index in [1.807, 2.05) is 30.3 Å². The number of nitrogens with one attached hydrogen (secondary N) is 1. The van der Waals surface area contributed by atoms with Gasteiger partial charge in [-0.05, 0) is 55.7 Å². The Morgan fingerprint density at radius 3 is 2.53 bits per heavy atom. The number of carboxylic acids is 1. The third-order valence-electron chi connectivity index (χ3n) is 6.32. The molecule has 2 N–H and O–H groups in total. The monoisotopic (exact) mass is 483 g/mol. The van der Waals surface area contributed by atoms with Crippen LogP contribution in [0.1, 0.15) is 32.6 Å². The molecule has 34 heavy (non-hydrogen) atoms. The third-order valence-corrected chi connectivity index (χ3v) is 6.61. The van der Waals surface area contributed by atoms with E-state index in [0.29, 0.717) is 40.9 Å². The molecule has 1 saturated carbocycles. The summed E-state index contributed by atoms with van der Waals surface area (Å²) in [7, 11) is 0. The van der Waals surface area contributed by atoms with Gasteiger partial charge in [-0.15, -0.1) is 0 Å². The zero-order chi connectivity index (χ0) is 24.2. The lowest BCUT2D eigenvalue weighted by atomic mass is 9.82. The molecule has 4 rings (SSSR count). The molecule has 1 heterocycles. The van der Waals surface area contributed by atoms with E-state index in [9.17, 15) is 14.4 Å². The number of benzene rings is 2. The van der Waals surface area contributed by atoms with Crippen LogP contribution in [0.4, 0.5) is 0 Å². The van der Waals surface area contributed by atoms with E-state index in [1.54, 1.807) is 13.0 Å². The van der Waals surface area contributed by atoms with Crippen LogP contribution in [0.5, 0.6) is 5.75 Å². The summed E-state index contributed by atoms with van der Waals surface area (Å²) in [6, 6.07) is 14.1. The second-order valence-electron chi connectivity index (χ2n) is 8.69. The van der Waals surface area contributed by atoms with Crippen molar-refractivity contribution >= 4 is 34.4 Å². The molecule has 1 fully saturated rings. The molecular weight excluding hydrogens is 458 g/mol. The minimum absolute atomic E-state index is 0.243. The summed E-state index contributed by atoms with van der Waals surface area (Å²) < 4.78 is 11.2. The number of fused-ring (bicyclic) bond motifs is 1. The molecule has 1 aliphatic carbocycles. The van der Waals surface area contributed by atoms with Crippen molar-refractivity contribution in [1.82, 2.24) is 5.32 Å². The lowest BCUT2D eigenvalue weighted by Gasteiger charge is -2.26. The van der Waals surface area contributed by atoms with E-state index in [-0.39, 0.29) is 23.5 Å². The van der Waals surface area contributed by atoms with E-state index in [1.165, 1.54) is 12.1 Å². The predicted molar refractivity (Wildman–Crippen MR) is 129 cm³/mol. The minimum Gasteiger partial charge on any atom is -0.481 e. The van der Waals surface area contributed by atoms with Crippen molar-refractivity contribution in [2.45, 2.75) is 38.7 Å². The summed E-state index contributed by atoms with van der Waals surface area (Å²) in [4.78, 5) is 35.8. The van der Waals surface area contributed by atoms with Crippen molar-refractivity contribution in [3.8, 4) is 16.9 Å². The Balaban J connectivity index is 1.44. The van der Waals surface area contributed by atoms with Crippen LogP contribution < -0.4 is 15.7 Å². The number of rotatable bonds is 7. The number of carbonyl (C=O) groups is 2. The Labute approximate surface area is 201 Å². The highest BCUT2D eigenvalue weighted by molar-refractivity contribution is 6.33. The Bertz CT molecular complexity index is 1250. The van der Waals surface area contributed by atoms with Gasteiger partial charge in [-0.1, -0.05) is 41.9 Å². The van der Waals surface area contributed by atoms with Crippen LogP contribution in [-0.2, 0) is 9.59 Å². The fourth-order valence-corrected chi connectivity index (χ4v) is 4.56. The fourth-order valence-electron chi connectivity index (χ4n) is 4.36. The summed E-state index contributed by atoms with van der Waals surface area (Å²) >= 11 is 6.46. The first kappa shape index (κ1) is 23.8. The molecule has 0 saturated heterocycles. The number of hydrogen-bond donors (Lipinski definition) is 2. The average molecular weight is 484 g/mol. The molecule has 1 aliphatic rings. The summed E-state index contributed by atoms with van der Waals surface area (Å²) in [5.74, 6) is -0.833. The Hall–Kier alpha value is -3.32. The van der Waals surface area contributed by atoms with E-state index >= 15 is 0 Å². The standard InChI is InChI=1S/C26H26ClNO6/c1-15(25(30)28-14-16-7-9-18(10-8-16)26(31)32)33-23-13-22-20(11-21(23)27)19(12-24(29)34-22)17-5-3-2-4-6-17/h2-6,11-13,15-16,18H,7-10,14H2,1H3,(H,28,30)(H,31,32)/t15-,16?,18?/m0/s1. The van der Waals surface area contributed by atoms with Gasteiger partial charge in [-0.3, -0.25) is 9.59 Å². The van der Waals surface area contributed by atoms with E-state index in [2.05, 4.69) is 5.32 Å². The lowest BCUT2D eigenvalue weighted by molar-refractivity contribution is -0.143. The van der Waals surface area contributed by atoms with Gasteiger partial charge in [-0.2, -0.15) is 0 Å². The van der Waals surface area contributed by atoms with Crippen LogP contribution in [0.25, 0.3) is 22.1 Å². The van der Waals surface area contributed by atoms with Crippen molar-refractivity contribution < 1.29 is 23.8 Å². The topological polar surface area (TPSA) is 106 Å². The highest BCUT2D eigenvalue weighted by atomic mass is 35.5. The zero-order valence-corrected chi connectivity index (χ0v) is 19.5. The molecular formula is C26H26ClNO6. The first-order valence-corrected chi connectivity index (χ1v) is 11.7. The number of ether oxygens (including phenoxy) is 1. The number of aliphatic carboxylic acids is 1. The Morgan fingerprint density at radius 2 is 1.85 bits per heavy atom. The van der Waals surface area contributed by atoms with Crippen molar-refractivity contribution in [2.75, 3.05) is 6.54 Å². The van der Waals surface area contributed by atoms with Crippen LogP contribution in [0.3, 0.4) is 0 Å². The highest BCUT2D eigenvalue weighted by Crippen LogP contribution is 2.35. The molecule has 1 amide bonds. The maximum atomic E-state index is 12.6. The number of carboxylic acid groups (broad SMARTS) is 1. The smallest absolute Gasteiger partial charge is 0.336 e.